The Morgan fingerprint density at radius 1 is 1.18 bits per heavy atom. The normalized spacial score (nSPS) is 12.0. The molecule has 0 aliphatic heterocycles. The molecule has 0 heterocycles. The van der Waals surface area contributed by atoms with Crippen molar-refractivity contribution in [2.45, 2.75) is 45.0 Å². The van der Waals surface area contributed by atoms with E-state index in [0.717, 1.165) is 19.3 Å². The molecule has 0 aromatic heterocycles. The Kier molecular flexibility index (Phi) is 5.38. The van der Waals surface area contributed by atoms with Crippen molar-refractivity contribution >= 4 is 0 Å². The number of halogens is 2. The van der Waals surface area contributed by atoms with E-state index in [2.05, 4.69) is 0 Å². The topological polar surface area (TPSA) is 20.2 Å². The summed E-state index contributed by atoms with van der Waals surface area (Å²) in [6, 6.07) is 0. The second-order valence-corrected chi connectivity index (χ2v) is 2.82. The number of alkyl halides is 2. The van der Waals surface area contributed by atoms with Gasteiger partial charge in [-0.2, -0.15) is 0 Å². The van der Waals surface area contributed by atoms with E-state index in [0.29, 0.717) is 6.42 Å². The second-order valence-electron chi connectivity index (χ2n) is 2.82. The molecule has 0 spiro atoms. The number of aliphatic hydroxyl groups is 1. The summed E-state index contributed by atoms with van der Waals surface area (Å²) >= 11 is 0. The van der Waals surface area contributed by atoms with E-state index in [4.69, 9.17) is 5.11 Å². The second kappa shape index (κ2) is 5.47. The van der Waals surface area contributed by atoms with Gasteiger partial charge in [0.25, 0.3) is 5.92 Å². The SMILES string of the molecule is CCCCCCC(F)(F)CO. The fourth-order valence-electron chi connectivity index (χ4n) is 0.889. The first-order valence-corrected chi connectivity index (χ1v) is 4.11. The summed E-state index contributed by atoms with van der Waals surface area (Å²) in [6.07, 6.45) is 3.23. The lowest BCUT2D eigenvalue weighted by Gasteiger charge is -2.11. The van der Waals surface area contributed by atoms with Crippen molar-refractivity contribution in [3.05, 3.63) is 0 Å². The van der Waals surface area contributed by atoms with Gasteiger partial charge in [0.1, 0.15) is 6.61 Å². The summed E-state index contributed by atoms with van der Waals surface area (Å²) in [7, 11) is 0. The molecule has 3 heteroatoms. The van der Waals surface area contributed by atoms with Crippen LogP contribution >= 0.6 is 0 Å². The zero-order chi connectivity index (χ0) is 8.74. The van der Waals surface area contributed by atoms with E-state index in [1.165, 1.54) is 0 Å². The van der Waals surface area contributed by atoms with E-state index < -0.39 is 12.5 Å². The zero-order valence-corrected chi connectivity index (χ0v) is 6.95. The highest BCUT2D eigenvalue weighted by Gasteiger charge is 2.26. The van der Waals surface area contributed by atoms with Crippen LogP contribution in [0.4, 0.5) is 8.78 Å². The van der Waals surface area contributed by atoms with Crippen LogP contribution in [0.2, 0.25) is 0 Å². The summed E-state index contributed by atoms with van der Waals surface area (Å²) in [5.41, 5.74) is 0. The molecule has 0 radical (unpaired) electrons. The van der Waals surface area contributed by atoms with Crippen LogP contribution in [-0.2, 0) is 0 Å². The largest absolute Gasteiger partial charge is 0.390 e. The lowest BCUT2D eigenvalue weighted by molar-refractivity contribution is -0.0578. The fraction of sp³-hybridized carbons (Fsp3) is 1.00. The first kappa shape index (κ1) is 10.8. The van der Waals surface area contributed by atoms with E-state index in [9.17, 15) is 8.78 Å². The van der Waals surface area contributed by atoms with Gasteiger partial charge in [-0.15, -0.1) is 0 Å². The molecule has 0 unspecified atom stereocenters. The minimum absolute atomic E-state index is 0.177. The average molecular weight is 166 g/mol. The van der Waals surface area contributed by atoms with Gasteiger partial charge in [0.15, 0.2) is 0 Å². The zero-order valence-electron chi connectivity index (χ0n) is 6.95. The molecule has 0 amide bonds. The third kappa shape index (κ3) is 6.23. The number of rotatable bonds is 6. The Morgan fingerprint density at radius 3 is 2.27 bits per heavy atom. The van der Waals surface area contributed by atoms with Crippen LogP contribution in [0.3, 0.4) is 0 Å². The Labute approximate surface area is 66.4 Å². The molecular formula is C8H16F2O. The van der Waals surface area contributed by atoms with E-state index in [1.807, 2.05) is 6.92 Å². The molecule has 0 rings (SSSR count). The summed E-state index contributed by atoms with van der Waals surface area (Å²) in [5.74, 6) is -2.85. The third-order valence-corrected chi connectivity index (χ3v) is 1.63. The van der Waals surface area contributed by atoms with Gasteiger partial charge in [0.05, 0.1) is 0 Å². The summed E-state index contributed by atoms with van der Waals surface area (Å²) < 4.78 is 24.7. The first-order valence-electron chi connectivity index (χ1n) is 4.11. The van der Waals surface area contributed by atoms with Gasteiger partial charge in [0, 0.05) is 6.42 Å². The predicted molar refractivity (Wildman–Crippen MR) is 40.8 cm³/mol. The maximum atomic E-state index is 12.3. The molecule has 0 saturated heterocycles. The molecule has 68 valence electrons. The van der Waals surface area contributed by atoms with Gasteiger partial charge in [-0.1, -0.05) is 26.2 Å². The predicted octanol–water partition coefficient (Wildman–Crippen LogP) is 2.58. The molecule has 1 N–H and O–H groups in total. The molecule has 0 fully saturated rings. The monoisotopic (exact) mass is 166 g/mol. The smallest absolute Gasteiger partial charge is 0.270 e. The van der Waals surface area contributed by atoms with Crippen LogP contribution in [0.5, 0.6) is 0 Å². The maximum Gasteiger partial charge on any atom is 0.270 e. The summed E-state index contributed by atoms with van der Waals surface area (Å²) in [6.45, 7) is 1.02. The Morgan fingerprint density at radius 2 is 1.82 bits per heavy atom. The molecule has 0 aliphatic rings. The maximum absolute atomic E-state index is 12.3. The lowest BCUT2D eigenvalue weighted by Crippen LogP contribution is -2.20. The highest BCUT2D eigenvalue weighted by Crippen LogP contribution is 2.20. The van der Waals surface area contributed by atoms with Crippen molar-refractivity contribution in [3.8, 4) is 0 Å². The molecule has 0 saturated carbocycles. The van der Waals surface area contributed by atoms with Crippen molar-refractivity contribution < 1.29 is 13.9 Å². The molecule has 0 bridgehead atoms. The van der Waals surface area contributed by atoms with Crippen LogP contribution in [-0.4, -0.2) is 17.6 Å². The fourth-order valence-corrected chi connectivity index (χ4v) is 0.889. The van der Waals surface area contributed by atoms with Crippen molar-refractivity contribution in [2.75, 3.05) is 6.61 Å². The first-order chi connectivity index (χ1) is 5.12. The van der Waals surface area contributed by atoms with Crippen LogP contribution in [0.1, 0.15) is 39.0 Å². The van der Waals surface area contributed by atoms with Gasteiger partial charge in [0.2, 0.25) is 0 Å². The van der Waals surface area contributed by atoms with Gasteiger partial charge in [-0.05, 0) is 6.42 Å². The molecule has 0 aliphatic carbocycles. The Hall–Kier alpha value is -0.180. The molecular weight excluding hydrogens is 150 g/mol. The summed E-state index contributed by atoms with van der Waals surface area (Å²) in [5, 5.41) is 8.20. The minimum Gasteiger partial charge on any atom is -0.390 e. The van der Waals surface area contributed by atoms with Crippen molar-refractivity contribution in [1.82, 2.24) is 0 Å². The van der Waals surface area contributed by atoms with E-state index in [-0.39, 0.29) is 6.42 Å². The van der Waals surface area contributed by atoms with Crippen LogP contribution in [0.15, 0.2) is 0 Å². The van der Waals surface area contributed by atoms with Crippen molar-refractivity contribution in [1.29, 1.82) is 0 Å². The minimum atomic E-state index is -2.85. The van der Waals surface area contributed by atoms with Crippen LogP contribution < -0.4 is 0 Å². The number of hydrogen-bond acceptors (Lipinski definition) is 1. The van der Waals surface area contributed by atoms with Gasteiger partial charge < -0.3 is 5.11 Å². The number of aliphatic hydroxyl groups excluding tert-OH is 1. The van der Waals surface area contributed by atoms with Crippen molar-refractivity contribution in [3.63, 3.8) is 0 Å². The van der Waals surface area contributed by atoms with Gasteiger partial charge >= 0.3 is 0 Å². The quantitative estimate of drug-likeness (QED) is 0.601. The standard InChI is InChI=1S/C8H16F2O/c1-2-3-4-5-6-8(9,10)7-11/h11H,2-7H2,1H3. The highest BCUT2D eigenvalue weighted by molar-refractivity contribution is 4.63. The molecule has 1 nitrogen and oxygen atoms in total. The van der Waals surface area contributed by atoms with Gasteiger partial charge in [-0.3, -0.25) is 0 Å². The highest BCUT2D eigenvalue weighted by atomic mass is 19.3. The Bertz CT molecular complexity index is 94.1. The lowest BCUT2D eigenvalue weighted by atomic mass is 10.1. The van der Waals surface area contributed by atoms with Crippen LogP contribution in [0, 0.1) is 0 Å². The van der Waals surface area contributed by atoms with Gasteiger partial charge in [-0.25, -0.2) is 8.78 Å². The van der Waals surface area contributed by atoms with Crippen LogP contribution in [0.25, 0.3) is 0 Å². The number of hydrogen-bond donors (Lipinski definition) is 1. The molecule has 11 heavy (non-hydrogen) atoms. The van der Waals surface area contributed by atoms with E-state index in [1.54, 1.807) is 0 Å². The van der Waals surface area contributed by atoms with E-state index >= 15 is 0 Å². The number of unbranched alkanes of at least 4 members (excludes halogenated alkanes) is 3. The molecule has 0 aromatic rings. The third-order valence-electron chi connectivity index (χ3n) is 1.63. The summed E-state index contributed by atoms with van der Waals surface area (Å²) in [4.78, 5) is 0. The van der Waals surface area contributed by atoms with Crippen molar-refractivity contribution in [2.24, 2.45) is 0 Å². The molecule has 0 aromatic carbocycles. The molecule has 0 atom stereocenters. The Balaban J connectivity index is 3.23. The average Bonchev–Trinajstić information content (AvgIpc) is 1.99.